The van der Waals surface area contributed by atoms with Gasteiger partial charge in [-0.2, -0.15) is 5.10 Å². The number of aromatic nitrogens is 2. The van der Waals surface area contributed by atoms with Crippen molar-refractivity contribution in [2.45, 2.75) is 32.9 Å². The van der Waals surface area contributed by atoms with Crippen LogP contribution < -0.4 is 5.32 Å². The molecule has 1 aliphatic heterocycles. The Morgan fingerprint density at radius 1 is 1.57 bits per heavy atom. The van der Waals surface area contributed by atoms with E-state index in [-0.39, 0.29) is 17.5 Å². The van der Waals surface area contributed by atoms with Crippen LogP contribution in [0.3, 0.4) is 0 Å². The van der Waals surface area contributed by atoms with E-state index in [4.69, 9.17) is 12.2 Å². The molecule has 23 heavy (non-hydrogen) atoms. The van der Waals surface area contributed by atoms with Crippen LogP contribution in [0, 0.1) is 13.8 Å². The molecule has 1 fully saturated rings. The summed E-state index contributed by atoms with van der Waals surface area (Å²) in [5, 5.41) is 8.33. The highest BCUT2D eigenvalue weighted by molar-refractivity contribution is 7.91. The van der Waals surface area contributed by atoms with E-state index in [0.29, 0.717) is 24.6 Å². The molecule has 0 saturated carbocycles. The molecular weight excluding hydrogens is 332 g/mol. The van der Waals surface area contributed by atoms with Gasteiger partial charge in [0.25, 0.3) is 0 Å². The molecule has 1 aromatic heterocycles. The second-order valence-electron chi connectivity index (χ2n) is 5.98. The second-order valence-corrected chi connectivity index (χ2v) is 8.60. The molecule has 0 aromatic carbocycles. The van der Waals surface area contributed by atoms with E-state index < -0.39 is 9.84 Å². The summed E-state index contributed by atoms with van der Waals surface area (Å²) in [6.45, 7) is 8.87. The number of sulfone groups is 1. The number of aryl methyl sites for hydroxylation is 1. The van der Waals surface area contributed by atoms with Crippen molar-refractivity contribution in [1.82, 2.24) is 20.0 Å². The van der Waals surface area contributed by atoms with E-state index in [0.717, 1.165) is 17.0 Å². The molecule has 1 N–H and O–H groups in total. The summed E-state index contributed by atoms with van der Waals surface area (Å²) in [4.78, 5) is 1.95. The van der Waals surface area contributed by atoms with Gasteiger partial charge in [0.1, 0.15) is 0 Å². The molecule has 0 radical (unpaired) electrons. The fourth-order valence-corrected chi connectivity index (χ4v) is 4.69. The number of hydrogen-bond donors (Lipinski definition) is 1. The van der Waals surface area contributed by atoms with Crippen molar-refractivity contribution in [1.29, 1.82) is 0 Å². The van der Waals surface area contributed by atoms with Crippen LogP contribution >= 0.6 is 12.2 Å². The Labute approximate surface area is 143 Å². The molecule has 8 heteroatoms. The third-order valence-corrected chi connectivity index (χ3v) is 6.38. The Hall–Kier alpha value is -1.41. The van der Waals surface area contributed by atoms with E-state index in [1.807, 2.05) is 30.5 Å². The quantitative estimate of drug-likeness (QED) is 0.635. The SMILES string of the molecule is C=CCNC(=S)N(C)Cc1c(C)nn([C@H]2CCS(=O)(=O)C2)c1C. The molecule has 0 bridgehead atoms. The molecule has 128 valence electrons. The zero-order chi connectivity index (χ0) is 17.2. The van der Waals surface area contributed by atoms with Crippen LogP contribution in [-0.4, -0.2) is 53.3 Å². The average Bonchev–Trinajstić information content (AvgIpc) is 2.98. The number of hydrogen-bond acceptors (Lipinski definition) is 4. The van der Waals surface area contributed by atoms with Gasteiger partial charge >= 0.3 is 0 Å². The highest BCUT2D eigenvalue weighted by atomic mass is 32.2. The van der Waals surface area contributed by atoms with E-state index >= 15 is 0 Å². The fourth-order valence-electron chi connectivity index (χ4n) is 2.85. The van der Waals surface area contributed by atoms with Crippen LogP contribution in [-0.2, 0) is 16.4 Å². The van der Waals surface area contributed by atoms with Gasteiger partial charge in [0.15, 0.2) is 14.9 Å². The van der Waals surface area contributed by atoms with Crippen LogP contribution in [0.1, 0.15) is 29.4 Å². The van der Waals surface area contributed by atoms with Crippen LogP contribution in [0.2, 0.25) is 0 Å². The van der Waals surface area contributed by atoms with Crippen molar-refractivity contribution in [3.63, 3.8) is 0 Å². The van der Waals surface area contributed by atoms with Gasteiger partial charge in [0.2, 0.25) is 0 Å². The molecule has 0 aliphatic carbocycles. The maximum Gasteiger partial charge on any atom is 0.169 e. The average molecular weight is 357 g/mol. The highest BCUT2D eigenvalue weighted by Gasteiger charge is 2.31. The summed E-state index contributed by atoms with van der Waals surface area (Å²) in [6, 6.07) is -0.0522. The van der Waals surface area contributed by atoms with Crippen molar-refractivity contribution in [3.05, 3.63) is 29.6 Å². The predicted octanol–water partition coefficient (Wildman–Crippen LogP) is 1.35. The molecule has 6 nitrogen and oxygen atoms in total. The van der Waals surface area contributed by atoms with E-state index in [1.165, 1.54) is 0 Å². The lowest BCUT2D eigenvalue weighted by Crippen LogP contribution is -2.36. The first-order valence-electron chi connectivity index (χ1n) is 7.60. The molecule has 2 heterocycles. The summed E-state index contributed by atoms with van der Waals surface area (Å²) in [6.07, 6.45) is 2.40. The number of nitrogens with one attached hydrogen (secondary N) is 1. The summed E-state index contributed by atoms with van der Waals surface area (Å²) in [5.74, 6) is 0.435. The third-order valence-electron chi connectivity index (χ3n) is 4.17. The highest BCUT2D eigenvalue weighted by Crippen LogP contribution is 2.27. The molecular formula is C15H24N4O2S2. The Balaban J connectivity index is 2.15. The lowest BCUT2D eigenvalue weighted by atomic mass is 10.2. The van der Waals surface area contributed by atoms with Crippen molar-refractivity contribution < 1.29 is 8.42 Å². The van der Waals surface area contributed by atoms with Crippen LogP contribution in [0.5, 0.6) is 0 Å². The number of rotatable bonds is 5. The molecule has 1 aromatic rings. The molecule has 1 saturated heterocycles. The van der Waals surface area contributed by atoms with Gasteiger partial charge in [-0.3, -0.25) is 4.68 Å². The first-order chi connectivity index (χ1) is 10.7. The maximum absolute atomic E-state index is 11.7. The first kappa shape index (κ1) is 17.9. The van der Waals surface area contributed by atoms with E-state index in [2.05, 4.69) is 17.0 Å². The van der Waals surface area contributed by atoms with Crippen molar-refractivity contribution in [2.75, 3.05) is 25.1 Å². The Kier molecular flexibility index (Phi) is 5.46. The monoisotopic (exact) mass is 356 g/mol. The van der Waals surface area contributed by atoms with Gasteiger partial charge in [-0.05, 0) is 32.5 Å². The normalized spacial score (nSPS) is 19.5. The first-order valence-corrected chi connectivity index (χ1v) is 9.83. The van der Waals surface area contributed by atoms with Crippen molar-refractivity contribution in [3.8, 4) is 0 Å². The fraction of sp³-hybridized carbons (Fsp3) is 0.600. The predicted molar refractivity (Wildman–Crippen MR) is 96.3 cm³/mol. The maximum atomic E-state index is 11.7. The minimum Gasteiger partial charge on any atom is -0.359 e. The molecule has 0 unspecified atom stereocenters. The van der Waals surface area contributed by atoms with Gasteiger partial charge in [0, 0.05) is 31.4 Å². The molecule has 0 amide bonds. The Morgan fingerprint density at radius 3 is 2.83 bits per heavy atom. The van der Waals surface area contributed by atoms with Crippen LogP contribution in [0.15, 0.2) is 12.7 Å². The van der Waals surface area contributed by atoms with Gasteiger partial charge in [-0.1, -0.05) is 6.08 Å². The van der Waals surface area contributed by atoms with E-state index in [1.54, 1.807) is 6.08 Å². The van der Waals surface area contributed by atoms with Gasteiger partial charge in [0.05, 0.1) is 23.2 Å². The van der Waals surface area contributed by atoms with Crippen LogP contribution in [0.4, 0.5) is 0 Å². The Morgan fingerprint density at radius 2 is 2.26 bits per heavy atom. The van der Waals surface area contributed by atoms with Gasteiger partial charge < -0.3 is 10.2 Å². The topological polar surface area (TPSA) is 67.2 Å². The number of thiocarbonyl (C=S) groups is 1. The Bertz CT molecular complexity index is 709. The summed E-state index contributed by atoms with van der Waals surface area (Å²) < 4.78 is 25.3. The number of nitrogens with zero attached hydrogens (tertiary/aromatic N) is 3. The van der Waals surface area contributed by atoms with E-state index in [9.17, 15) is 8.42 Å². The minimum atomic E-state index is -2.92. The standard InChI is InChI=1S/C15H24N4O2S2/c1-5-7-16-15(22)18(4)9-14-11(2)17-19(12(14)3)13-6-8-23(20,21)10-13/h5,13H,1,6-10H2,2-4H3,(H,16,22)/t13-/m0/s1. The minimum absolute atomic E-state index is 0.0522. The van der Waals surface area contributed by atoms with Gasteiger partial charge in [-0.15, -0.1) is 6.58 Å². The molecule has 1 aliphatic rings. The zero-order valence-electron chi connectivity index (χ0n) is 13.9. The zero-order valence-corrected chi connectivity index (χ0v) is 15.5. The second kappa shape index (κ2) is 7.00. The molecule has 1 atom stereocenters. The largest absolute Gasteiger partial charge is 0.359 e. The summed E-state index contributed by atoms with van der Waals surface area (Å²) in [7, 11) is -0.997. The van der Waals surface area contributed by atoms with Crippen molar-refractivity contribution in [2.24, 2.45) is 0 Å². The molecule has 0 spiro atoms. The van der Waals surface area contributed by atoms with Gasteiger partial charge in [-0.25, -0.2) is 8.42 Å². The smallest absolute Gasteiger partial charge is 0.169 e. The van der Waals surface area contributed by atoms with Crippen molar-refractivity contribution >= 4 is 27.2 Å². The third kappa shape index (κ3) is 4.11. The van der Waals surface area contributed by atoms with Crippen LogP contribution in [0.25, 0.3) is 0 Å². The lowest BCUT2D eigenvalue weighted by Gasteiger charge is -2.21. The summed E-state index contributed by atoms with van der Waals surface area (Å²) in [5.41, 5.74) is 3.03. The molecule has 2 rings (SSSR count). The lowest BCUT2D eigenvalue weighted by molar-refractivity contribution is 0.475. The summed E-state index contributed by atoms with van der Waals surface area (Å²) >= 11 is 5.33.